The lowest BCUT2D eigenvalue weighted by Gasteiger charge is -2.14. The summed E-state index contributed by atoms with van der Waals surface area (Å²) in [6.07, 6.45) is 1.92. The van der Waals surface area contributed by atoms with Gasteiger partial charge in [0.05, 0.1) is 11.4 Å². The maximum Gasteiger partial charge on any atom is 0.242 e. The number of fused-ring (bicyclic) bond motifs is 1. The smallest absolute Gasteiger partial charge is 0.211 e. The number of hydrogen-bond donors (Lipinski definition) is 1. The first-order chi connectivity index (χ1) is 9.08. The molecule has 2 rings (SSSR count). The molecule has 1 aliphatic rings. The van der Waals surface area contributed by atoms with Gasteiger partial charge in [-0.15, -0.1) is 0 Å². The minimum atomic E-state index is -3.52. The molecule has 0 radical (unpaired) electrons. The van der Waals surface area contributed by atoms with E-state index >= 15 is 0 Å². The summed E-state index contributed by atoms with van der Waals surface area (Å²) in [6, 6.07) is 5.02. The number of hydrogen-bond acceptors (Lipinski definition) is 4. The van der Waals surface area contributed by atoms with Gasteiger partial charge in [-0.2, -0.15) is 8.73 Å². The Bertz CT molecular complexity index is 630. The van der Waals surface area contributed by atoms with Gasteiger partial charge in [-0.05, 0) is 18.1 Å². The van der Waals surface area contributed by atoms with E-state index in [0.717, 1.165) is 24.2 Å². The average Bonchev–Trinajstić information content (AvgIpc) is 2.87. The molecule has 0 aliphatic carbocycles. The van der Waals surface area contributed by atoms with Crippen LogP contribution in [0.3, 0.4) is 0 Å². The Labute approximate surface area is 117 Å². The fourth-order valence-electron chi connectivity index (χ4n) is 1.88. The molecular weight excluding hydrogens is 282 g/mol. The van der Waals surface area contributed by atoms with E-state index in [1.54, 1.807) is 18.2 Å². The molecule has 1 aliphatic heterocycles. The summed E-state index contributed by atoms with van der Waals surface area (Å²) >= 11 is 1.02. The Morgan fingerprint density at radius 3 is 2.68 bits per heavy atom. The molecule has 0 fully saturated rings. The van der Waals surface area contributed by atoms with Crippen LogP contribution in [-0.4, -0.2) is 15.0 Å². The van der Waals surface area contributed by atoms with E-state index in [-0.39, 0.29) is 4.90 Å². The van der Waals surface area contributed by atoms with Crippen molar-refractivity contribution in [2.24, 2.45) is 14.6 Å². The van der Waals surface area contributed by atoms with Crippen LogP contribution in [0.25, 0.3) is 0 Å². The Hall–Kier alpha value is -1.05. The molecule has 1 heterocycles. The third kappa shape index (κ3) is 3.10. The lowest BCUT2D eigenvalue weighted by atomic mass is 10.0. The van der Waals surface area contributed by atoms with Crippen molar-refractivity contribution >= 4 is 32.8 Å². The normalized spacial score (nSPS) is 13.6. The van der Waals surface area contributed by atoms with E-state index in [1.807, 2.05) is 0 Å². The van der Waals surface area contributed by atoms with Gasteiger partial charge >= 0.3 is 0 Å². The van der Waals surface area contributed by atoms with Crippen LogP contribution in [0.4, 0.5) is 11.4 Å². The minimum absolute atomic E-state index is 0.213. The number of nitrogens with zero attached hydrogens (tertiary/aromatic N) is 2. The zero-order valence-corrected chi connectivity index (χ0v) is 12.6. The zero-order valence-electron chi connectivity index (χ0n) is 11.0. The van der Waals surface area contributed by atoms with E-state index < -0.39 is 10.0 Å². The molecule has 1 N–H and O–H groups in total. The second kappa shape index (κ2) is 5.94. The van der Waals surface area contributed by atoms with Crippen molar-refractivity contribution in [2.45, 2.75) is 31.6 Å². The molecule has 0 atom stereocenters. The number of benzene rings is 1. The molecule has 104 valence electrons. The van der Waals surface area contributed by atoms with Crippen molar-refractivity contribution in [3.8, 4) is 0 Å². The molecule has 5 nitrogen and oxygen atoms in total. The highest BCUT2D eigenvalue weighted by molar-refractivity contribution is 7.89. The van der Waals surface area contributed by atoms with Crippen molar-refractivity contribution in [1.82, 2.24) is 4.72 Å². The van der Waals surface area contributed by atoms with Gasteiger partial charge in [0.1, 0.15) is 16.3 Å². The first-order valence-corrected chi connectivity index (χ1v) is 8.50. The fraction of sp³-hybridized carbons (Fsp3) is 0.500. The molecule has 19 heavy (non-hydrogen) atoms. The van der Waals surface area contributed by atoms with Crippen LogP contribution in [0.15, 0.2) is 31.8 Å². The number of nitrogens with one attached hydrogen (secondary N) is 1. The third-order valence-corrected chi connectivity index (χ3v) is 5.25. The average molecular weight is 299 g/mol. The standard InChI is InChI=1S/C12H17N3O2S2/c1-3-9(4-2)8-13-19(16,17)11-7-5-6-10-12(11)15-18-14-10/h5-7,9,13H,3-4,8H2,1-2H3. The van der Waals surface area contributed by atoms with Crippen LogP contribution in [-0.2, 0) is 21.4 Å². The van der Waals surface area contributed by atoms with Crippen LogP contribution in [0, 0.1) is 5.92 Å². The van der Waals surface area contributed by atoms with Crippen LogP contribution in [0.1, 0.15) is 26.7 Å². The van der Waals surface area contributed by atoms with Crippen LogP contribution in [0.2, 0.25) is 0 Å². The second-order valence-electron chi connectivity index (χ2n) is 4.42. The lowest BCUT2D eigenvalue weighted by molar-refractivity contribution is 0.479. The Balaban J connectivity index is 2.22. The highest BCUT2D eigenvalue weighted by atomic mass is 32.2. The van der Waals surface area contributed by atoms with Crippen LogP contribution < -0.4 is 4.72 Å². The predicted octanol–water partition coefficient (Wildman–Crippen LogP) is 3.13. The summed E-state index contributed by atoms with van der Waals surface area (Å²) in [5, 5.41) is 0. The molecule has 0 bridgehead atoms. The van der Waals surface area contributed by atoms with Crippen molar-refractivity contribution < 1.29 is 8.42 Å². The molecule has 1 aromatic rings. The summed E-state index contributed by atoms with van der Waals surface area (Å²) in [5.41, 5.74) is 1.07. The summed E-state index contributed by atoms with van der Waals surface area (Å²) in [6.45, 7) is 4.59. The van der Waals surface area contributed by atoms with Gasteiger partial charge in [0.2, 0.25) is 10.0 Å². The molecule has 0 aromatic heterocycles. The number of rotatable bonds is 6. The Kier molecular flexibility index (Phi) is 4.49. The summed E-state index contributed by atoms with van der Waals surface area (Å²) in [5.74, 6) is 0.363. The van der Waals surface area contributed by atoms with Crippen LogP contribution in [0.5, 0.6) is 0 Å². The largest absolute Gasteiger partial charge is 0.242 e. The van der Waals surface area contributed by atoms with Gasteiger partial charge in [-0.1, -0.05) is 32.8 Å². The highest BCUT2D eigenvalue weighted by Crippen LogP contribution is 2.37. The molecule has 0 amide bonds. The zero-order chi connectivity index (χ0) is 13.9. The lowest BCUT2D eigenvalue weighted by Crippen LogP contribution is -2.29. The van der Waals surface area contributed by atoms with Crippen molar-refractivity contribution in [2.75, 3.05) is 6.54 Å². The molecule has 1 aromatic carbocycles. The van der Waals surface area contributed by atoms with Gasteiger partial charge in [-0.25, -0.2) is 13.1 Å². The summed E-state index contributed by atoms with van der Waals surface area (Å²) in [4.78, 5) is 0.213. The minimum Gasteiger partial charge on any atom is -0.211 e. The monoisotopic (exact) mass is 299 g/mol. The summed E-state index contributed by atoms with van der Waals surface area (Å²) < 4.78 is 35.4. The molecule has 0 unspecified atom stereocenters. The fourth-order valence-corrected chi connectivity index (χ4v) is 3.76. The van der Waals surface area contributed by atoms with Crippen molar-refractivity contribution in [3.63, 3.8) is 0 Å². The maximum absolute atomic E-state index is 12.3. The second-order valence-corrected chi connectivity index (χ2v) is 6.69. The first kappa shape index (κ1) is 14.4. The predicted molar refractivity (Wildman–Crippen MR) is 77.2 cm³/mol. The highest BCUT2D eigenvalue weighted by Gasteiger charge is 2.22. The Morgan fingerprint density at radius 1 is 1.26 bits per heavy atom. The van der Waals surface area contributed by atoms with E-state index in [0.29, 0.717) is 23.8 Å². The maximum atomic E-state index is 12.3. The quantitative estimate of drug-likeness (QED) is 0.890. The Morgan fingerprint density at radius 2 is 2.00 bits per heavy atom. The third-order valence-electron chi connectivity index (χ3n) is 3.26. The van der Waals surface area contributed by atoms with Crippen molar-refractivity contribution in [3.05, 3.63) is 18.2 Å². The van der Waals surface area contributed by atoms with E-state index in [9.17, 15) is 8.42 Å². The van der Waals surface area contributed by atoms with E-state index in [4.69, 9.17) is 0 Å². The topological polar surface area (TPSA) is 70.9 Å². The molecular formula is C12H17N3O2S2. The molecule has 0 spiro atoms. The summed E-state index contributed by atoms with van der Waals surface area (Å²) in [7, 11) is -3.52. The first-order valence-electron chi connectivity index (χ1n) is 6.29. The molecule has 7 heteroatoms. The van der Waals surface area contributed by atoms with Gasteiger partial charge in [-0.3, -0.25) is 0 Å². The van der Waals surface area contributed by atoms with Crippen molar-refractivity contribution in [1.29, 1.82) is 0 Å². The van der Waals surface area contributed by atoms with Crippen LogP contribution >= 0.6 is 0 Å². The van der Waals surface area contributed by atoms with E-state index in [2.05, 4.69) is 27.3 Å². The van der Waals surface area contributed by atoms with Gasteiger partial charge in [0, 0.05) is 6.54 Å². The SMILES string of the molecule is CCC(CC)CNS(=O)(=O)c1cccc2c1N=S=N2. The molecule has 0 saturated carbocycles. The van der Waals surface area contributed by atoms with Gasteiger partial charge < -0.3 is 0 Å². The van der Waals surface area contributed by atoms with Gasteiger partial charge in [0.25, 0.3) is 0 Å². The molecule has 0 saturated heterocycles. The van der Waals surface area contributed by atoms with Gasteiger partial charge in [0.15, 0.2) is 0 Å². The van der Waals surface area contributed by atoms with E-state index in [1.165, 1.54) is 0 Å². The number of sulfonamides is 1.